The van der Waals surface area contributed by atoms with Crippen LogP contribution in [0, 0.1) is 18.8 Å². The third-order valence-electron chi connectivity index (χ3n) is 6.50. The van der Waals surface area contributed by atoms with Crippen molar-refractivity contribution in [3.8, 4) is 5.75 Å². The summed E-state index contributed by atoms with van der Waals surface area (Å²) in [6.45, 7) is 2.03. The topological polar surface area (TPSA) is 35.2 Å². The molecule has 4 atom stereocenters. The van der Waals surface area contributed by atoms with Crippen LogP contribution in [0.4, 0.5) is 0 Å². The van der Waals surface area contributed by atoms with E-state index >= 15 is 0 Å². The Labute approximate surface area is 168 Å². The zero-order chi connectivity index (χ0) is 18.8. The van der Waals surface area contributed by atoms with Gasteiger partial charge in [0.15, 0.2) is 0 Å². The third kappa shape index (κ3) is 4.17. The van der Waals surface area contributed by atoms with Gasteiger partial charge < -0.3 is 10.5 Å². The van der Waals surface area contributed by atoms with Crippen LogP contribution in [0.15, 0.2) is 42.5 Å². The van der Waals surface area contributed by atoms with E-state index in [0.29, 0.717) is 17.9 Å². The van der Waals surface area contributed by atoms with E-state index in [-0.39, 0.29) is 6.10 Å². The summed E-state index contributed by atoms with van der Waals surface area (Å²) >= 11 is 6.22. The van der Waals surface area contributed by atoms with Crippen molar-refractivity contribution >= 4 is 11.6 Å². The van der Waals surface area contributed by atoms with Crippen LogP contribution in [-0.4, -0.2) is 6.04 Å². The van der Waals surface area contributed by atoms with Gasteiger partial charge in [-0.25, -0.2) is 0 Å². The van der Waals surface area contributed by atoms with E-state index < -0.39 is 0 Å². The Balaban J connectivity index is 1.66. The van der Waals surface area contributed by atoms with E-state index in [1.807, 2.05) is 19.1 Å². The normalized spacial score (nSPS) is 28.3. The van der Waals surface area contributed by atoms with E-state index in [4.69, 9.17) is 22.1 Å². The molecule has 2 N–H and O–H groups in total. The van der Waals surface area contributed by atoms with E-state index in [2.05, 4.69) is 30.3 Å². The number of benzene rings is 2. The van der Waals surface area contributed by atoms with Gasteiger partial charge in [-0.3, -0.25) is 0 Å². The molecule has 2 nitrogen and oxygen atoms in total. The van der Waals surface area contributed by atoms with Crippen molar-refractivity contribution in [2.75, 3.05) is 0 Å². The number of hydrogen-bond acceptors (Lipinski definition) is 2. The van der Waals surface area contributed by atoms with Gasteiger partial charge in [0.25, 0.3) is 0 Å². The highest BCUT2D eigenvalue weighted by Crippen LogP contribution is 2.45. The van der Waals surface area contributed by atoms with Crippen LogP contribution in [0.5, 0.6) is 5.75 Å². The maximum atomic E-state index is 6.66. The molecule has 0 amide bonds. The quantitative estimate of drug-likeness (QED) is 0.636. The molecule has 2 aliphatic rings. The minimum Gasteiger partial charge on any atom is -0.485 e. The van der Waals surface area contributed by atoms with Gasteiger partial charge in [-0.2, -0.15) is 0 Å². The van der Waals surface area contributed by atoms with Gasteiger partial charge in [0.2, 0.25) is 0 Å². The molecular formula is C24H30ClNO. The van der Waals surface area contributed by atoms with Gasteiger partial charge in [0.05, 0.1) is 0 Å². The minimum atomic E-state index is 0.103. The Morgan fingerprint density at radius 1 is 1.04 bits per heavy atom. The molecule has 4 rings (SSSR count). The highest BCUT2D eigenvalue weighted by Gasteiger charge is 2.37. The Bertz CT molecular complexity index is 790. The number of hydrogen-bond donors (Lipinski definition) is 1. The lowest BCUT2D eigenvalue weighted by molar-refractivity contribution is 0.0708. The van der Waals surface area contributed by atoms with Gasteiger partial charge in [0.1, 0.15) is 11.9 Å². The van der Waals surface area contributed by atoms with Crippen LogP contribution in [0.1, 0.15) is 61.3 Å². The smallest absolute Gasteiger partial charge is 0.127 e. The average Bonchev–Trinajstić information content (AvgIpc) is 2.89. The van der Waals surface area contributed by atoms with Crippen molar-refractivity contribution in [2.24, 2.45) is 17.6 Å². The summed E-state index contributed by atoms with van der Waals surface area (Å²) in [6, 6.07) is 15.1. The maximum Gasteiger partial charge on any atom is 0.127 e. The number of ether oxygens (including phenoxy) is 1. The third-order valence-corrected chi connectivity index (χ3v) is 6.92. The summed E-state index contributed by atoms with van der Waals surface area (Å²) in [4.78, 5) is 0. The molecule has 0 aliphatic heterocycles. The highest BCUT2D eigenvalue weighted by molar-refractivity contribution is 6.31. The molecular weight excluding hydrogens is 354 g/mol. The fourth-order valence-corrected chi connectivity index (χ4v) is 5.16. The Morgan fingerprint density at radius 3 is 2.70 bits per heavy atom. The molecule has 0 spiro atoms. The summed E-state index contributed by atoms with van der Waals surface area (Å²) in [5.41, 5.74) is 10.3. The van der Waals surface area contributed by atoms with E-state index in [1.165, 1.54) is 43.2 Å². The molecule has 27 heavy (non-hydrogen) atoms. The summed E-state index contributed by atoms with van der Waals surface area (Å²) in [7, 11) is 0. The Morgan fingerprint density at radius 2 is 1.85 bits per heavy atom. The number of aryl methyl sites for hydroxylation is 2. The van der Waals surface area contributed by atoms with E-state index in [1.54, 1.807) is 0 Å². The molecule has 1 saturated carbocycles. The lowest BCUT2D eigenvalue weighted by Crippen LogP contribution is -2.33. The average molecular weight is 384 g/mol. The second-order valence-corrected chi connectivity index (χ2v) is 8.80. The Kier molecular flexibility index (Phi) is 5.75. The van der Waals surface area contributed by atoms with Gasteiger partial charge in [-0.1, -0.05) is 48.7 Å². The molecule has 0 saturated heterocycles. The first-order valence-corrected chi connectivity index (χ1v) is 10.8. The number of nitrogens with two attached hydrogens (primary N) is 1. The van der Waals surface area contributed by atoms with Gasteiger partial charge in [-0.05, 0) is 79.8 Å². The van der Waals surface area contributed by atoms with Crippen molar-refractivity contribution in [1.29, 1.82) is 0 Å². The van der Waals surface area contributed by atoms with Gasteiger partial charge in [-0.15, -0.1) is 0 Å². The summed E-state index contributed by atoms with van der Waals surface area (Å²) in [5.74, 6) is 2.09. The molecule has 2 aromatic rings. The van der Waals surface area contributed by atoms with Gasteiger partial charge in [0, 0.05) is 17.0 Å². The molecule has 0 radical (unpaired) electrons. The SMILES string of the molecule is Cc1cc(O[C@H]2c3ccccc3CC[C@@H]2C2CCCC[C@@H](N)C2)ccc1Cl. The maximum absolute atomic E-state index is 6.66. The first-order valence-electron chi connectivity index (χ1n) is 10.4. The number of rotatable bonds is 3. The molecule has 0 heterocycles. The summed E-state index contributed by atoms with van der Waals surface area (Å²) in [6.07, 6.45) is 8.57. The molecule has 144 valence electrons. The zero-order valence-electron chi connectivity index (χ0n) is 16.2. The fourth-order valence-electron chi connectivity index (χ4n) is 5.04. The van der Waals surface area contributed by atoms with E-state index in [9.17, 15) is 0 Å². The molecule has 1 unspecified atom stereocenters. The van der Waals surface area contributed by atoms with Crippen LogP contribution in [0.2, 0.25) is 5.02 Å². The van der Waals surface area contributed by atoms with Crippen molar-refractivity contribution in [1.82, 2.24) is 0 Å². The lowest BCUT2D eigenvalue weighted by Gasteiger charge is -2.39. The minimum absolute atomic E-state index is 0.103. The molecule has 0 bridgehead atoms. The fraction of sp³-hybridized carbons (Fsp3) is 0.500. The van der Waals surface area contributed by atoms with Crippen LogP contribution < -0.4 is 10.5 Å². The number of halogens is 1. The van der Waals surface area contributed by atoms with Crippen LogP contribution in [0.25, 0.3) is 0 Å². The standard InChI is InChI=1S/C24H30ClNO/c1-16-14-20(11-13-23(16)25)27-24-21-9-5-3-6-17(21)10-12-22(24)18-7-2-4-8-19(26)15-18/h3,5-6,9,11,13-14,18-19,22,24H,2,4,7-8,10,12,15,26H2,1H3/t18?,19-,22-,24+/m1/s1. The molecule has 3 heteroatoms. The largest absolute Gasteiger partial charge is 0.485 e. The second-order valence-electron chi connectivity index (χ2n) is 8.39. The van der Waals surface area contributed by atoms with Crippen molar-refractivity contribution in [2.45, 2.75) is 64.0 Å². The summed E-state index contributed by atoms with van der Waals surface area (Å²) in [5, 5.41) is 0.790. The predicted octanol–water partition coefficient (Wildman–Crippen LogP) is 6.24. The molecule has 1 fully saturated rings. The highest BCUT2D eigenvalue weighted by atomic mass is 35.5. The lowest BCUT2D eigenvalue weighted by atomic mass is 9.72. The van der Waals surface area contributed by atoms with Crippen molar-refractivity contribution in [3.63, 3.8) is 0 Å². The van der Waals surface area contributed by atoms with Gasteiger partial charge >= 0.3 is 0 Å². The number of fused-ring (bicyclic) bond motifs is 1. The second kappa shape index (κ2) is 8.24. The van der Waals surface area contributed by atoms with Crippen molar-refractivity contribution < 1.29 is 4.74 Å². The Hall–Kier alpha value is -1.51. The molecule has 2 aromatic carbocycles. The molecule has 2 aliphatic carbocycles. The van der Waals surface area contributed by atoms with E-state index in [0.717, 1.165) is 29.2 Å². The summed E-state index contributed by atoms with van der Waals surface area (Å²) < 4.78 is 6.66. The monoisotopic (exact) mass is 383 g/mol. The van der Waals surface area contributed by atoms with Crippen LogP contribution >= 0.6 is 11.6 Å². The van der Waals surface area contributed by atoms with Crippen LogP contribution in [0.3, 0.4) is 0 Å². The first-order chi connectivity index (χ1) is 13.1. The molecule has 0 aromatic heterocycles. The first kappa shape index (κ1) is 18.8. The van der Waals surface area contributed by atoms with Crippen LogP contribution in [-0.2, 0) is 6.42 Å². The predicted molar refractivity (Wildman–Crippen MR) is 112 cm³/mol. The zero-order valence-corrected chi connectivity index (χ0v) is 16.9. The van der Waals surface area contributed by atoms with Crippen molar-refractivity contribution in [3.05, 3.63) is 64.2 Å².